The highest BCUT2D eigenvalue weighted by Gasteiger charge is 2.11. The zero-order valence-corrected chi connectivity index (χ0v) is 9.03. The van der Waals surface area contributed by atoms with Crippen LogP contribution in [0.25, 0.3) is 10.9 Å². The predicted molar refractivity (Wildman–Crippen MR) is 54.4 cm³/mol. The van der Waals surface area contributed by atoms with Crippen molar-refractivity contribution in [3.63, 3.8) is 0 Å². The van der Waals surface area contributed by atoms with Crippen molar-refractivity contribution in [2.24, 2.45) is 0 Å². The average Bonchev–Trinajstić information content (AvgIpc) is 2.14. The van der Waals surface area contributed by atoms with E-state index in [4.69, 9.17) is 11.6 Å². The van der Waals surface area contributed by atoms with Gasteiger partial charge in [0.05, 0.1) is 9.99 Å². The molecule has 0 N–H and O–H groups in total. The van der Waals surface area contributed by atoms with E-state index in [0.717, 1.165) is 6.07 Å². The normalized spacial score (nSPS) is 10.9. The number of hydrogen-bond acceptors (Lipinski definition) is 1. The van der Waals surface area contributed by atoms with Crippen molar-refractivity contribution in [3.8, 4) is 0 Å². The van der Waals surface area contributed by atoms with Crippen LogP contribution in [0.1, 0.15) is 0 Å². The minimum absolute atomic E-state index is 0.186. The fourth-order valence-electron chi connectivity index (χ4n) is 1.15. The summed E-state index contributed by atoms with van der Waals surface area (Å²) in [6, 6.07) is 4.05. The first kappa shape index (κ1) is 9.80. The van der Waals surface area contributed by atoms with E-state index in [1.807, 2.05) is 0 Å². The summed E-state index contributed by atoms with van der Waals surface area (Å²) in [5, 5.41) is 0.446. The summed E-state index contributed by atoms with van der Waals surface area (Å²) < 4.78 is 26.3. The number of fused-ring (bicyclic) bond motifs is 1. The largest absolute Gasteiger partial charge is 0.236 e. The van der Waals surface area contributed by atoms with E-state index in [1.165, 1.54) is 12.1 Å². The summed E-state index contributed by atoms with van der Waals surface area (Å²) in [5.41, 5.74) is 0.204. The van der Waals surface area contributed by atoms with E-state index in [2.05, 4.69) is 20.9 Å². The highest BCUT2D eigenvalue weighted by atomic mass is 79.9. The van der Waals surface area contributed by atoms with Crippen molar-refractivity contribution in [1.29, 1.82) is 0 Å². The van der Waals surface area contributed by atoms with Crippen LogP contribution in [-0.2, 0) is 0 Å². The molecule has 0 saturated carbocycles. The summed E-state index contributed by atoms with van der Waals surface area (Å²) >= 11 is 8.40. The molecule has 2 rings (SSSR count). The van der Waals surface area contributed by atoms with Crippen LogP contribution in [0.5, 0.6) is 0 Å². The molecule has 1 heterocycles. The zero-order chi connectivity index (χ0) is 10.3. The lowest BCUT2D eigenvalue weighted by atomic mass is 10.2. The molecule has 0 aliphatic carbocycles. The van der Waals surface area contributed by atoms with Crippen molar-refractivity contribution < 1.29 is 8.78 Å². The average molecular weight is 278 g/mol. The Morgan fingerprint density at radius 2 is 2.00 bits per heavy atom. The third-order valence-corrected chi connectivity index (χ3v) is 2.73. The first-order valence-electron chi connectivity index (χ1n) is 3.69. The number of aromatic nitrogens is 1. The van der Waals surface area contributed by atoms with E-state index in [1.54, 1.807) is 0 Å². The van der Waals surface area contributed by atoms with Crippen LogP contribution in [-0.4, -0.2) is 4.98 Å². The maximum Gasteiger partial charge on any atom is 0.149 e. The van der Waals surface area contributed by atoms with Gasteiger partial charge in [0.2, 0.25) is 0 Å². The molecule has 0 spiro atoms. The first-order valence-corrected chi connectivity index (χ1v) is 4.86. The summed E-state index contributed by atoms with van der Waals surface area (Å²) in [4.78, 5) is 3.80. The van der Waals surface area contributed by atoms with Crippen LogP contribution in [0.3, 0.4) is 0 Å². The Morgan fingerprint density at radius 3 is 2.71 bits per heavy atom. The third kappa shape index (κ3) is 1.48. The van der Waals surface area contributed by atoms with E-state index in [0.29, 0.717) is 0 Å². The van der Waals surface area contributed by atoms with E-state index < -0.39 is 11.6 Å². The van der Waals surface area contributed by atoms with Gasteiger partial charge in [0.25, 0.3) is 0 Å². The lowest BCUT2D eigenvalue weighted by Crippen LogP contribution is -1.89. The summed E-state index contributed by atoms with van der Waals surface area (Å²) in [6.45, 7) is 0. The van der Waals surface area contributed by atoms with Crippen molar-refractivity contribution in [1.82, 2.24) is 4.98 Å². The monoisotopic (exact) mass is 277 g/mol. The van der Waals surface area contributed by atoms with Crippen LogP contribution in [0, 0.1) is 11.6 Å². The minimum atomic E-state index is -0.690. The fraction of sp³-hybridized carbons (Fsp3) is 0. The predicted octanol–water partition coefficient (Wildman–Crippen LogP) is 3.93. The van der Waals surface area contributed by atoms with Crippen LogP contribution in [0.15, 0.2) is 22.7 Å². The molecule has 0 saturated heterocycles. The van der Waals surface area contributed by atoms with Gasteiger partial charge in [-0.2, -0.15) is 0 Å². The maximum absolute atomic E-state index is 13.4. The van der Waals surface area contributed by atoms with Gasteiger partial charge >= 0.3 is 0 Å². The molecule has 0 bridgehead atoms. The lowest BCUT2D eigenvalue weighted by Gasteiger charge is -2.02. The molecule has 0 atom stereocenters. The number of hydrogen-bond donors (Lipinski definition) is 0. The quantitative estimate of drug-likeness (QED) is 0.525. The van der Waals surface area contributed by atoms with Crippen LogP contribution < -0.4 is 0 Å². The second-order valence-electron chi connectivity index (χ2n) is 2.69. The van der Waals surface area contributed by atoms with Gasteiger partial charge in [0.1, 0.15) is 16.8 Å². The van der Waals surface area contributed by atoms with Crippen LogP contribution in [0.4, 0.5) is 8.78 Å². The molecule has 0 fully saturated rings. The number of benzene rings is 1. The smallest absolute Gasteiger partial charge is 0.149 e. The Balaban J connectivity index is 2.91. The Kier molecular flexibility index (Phi) is 2.41. The van der Waals surface area contributed by atoms with Gasteiger partial charge in [-0.1, -0.05) is 11.6 Å². The Labute approximate surface area is 91.8 Å². The number of nitrogens with zero attached hydrogens (tertiary/aromatic N) is 1. The molecule has 72 valence electrons. The van der Waals surface area contributed by atoms with Gasteiger partial charge in [0.15, 0.2) is 0 Å². The molecule has 2 aromatic rings. The maximum atomic E-state index is 13.4. The molecule has 0 aliphatic heterocycles. The molecule has 1 aromatic heterocycles. The SMILES string of the molecule is Fc1cc2nc(Cl)ccc2c(F)c1Br. The van der Waals surface area contributed by atoms with Gasteiger partial charge < -0.3 is 0 Å². The first-order chi connectivity index (χ1) is 6.59. The summed E-state index contributed by atoms with van der Waals surface area (Å²) in [5.74, 6) is -1.35. The van der Waals surface area contributed by atoms with Crippen LogP contribution in [0.2, 0.25) is 5.15 Å². The molecule has 5 heteroatoms. The number of pyridine rings is 1. The van der Waals surface area contributed by atoms with E-state index >= 15 is 0 Å². The summed E-state index contributed by atoms with van der Waals surface area (Å²) in [7, 11) is 0. The second-order valence-corrected chi connectivity index (χ2v) is 3.87. The highest BCUT2D eigenvalue weighted by molar-refractivity contribution is 9.10. The standard InChI is InChI=1S/C9H3BrClF2N/c10-8-5(12)3-6-4(9(8)13)1-2-7(11)14-6/h1-3H. The third-order valence-electron chi connectivity index (χ3n) is 1.79. The Bertz CT molecular complexity index is 516. The molecule has 0 aliphatic rings. The summed E-state index contributed by atoms with van der Waals surface area (Å²) in [6.07, 6.45) is 0. The Hall–Kier alpha value is -0.740. The topological polar surface area (TPSA) is 12.9 Å². The van der Waals surface area contributed by atoms with Gasteiger partial charge in [0, 0.05) is 11.5 Å². The zero-order valence-electron chi connectivity index (χ0n) is 6.69. The number of halogens is 4. The van der Waals surface area contributed by atoms with Crippen LogP contribution >= 0.6 is 27.5 Å². The molecule has 14 heavy (non-hydrogen) atoms. The van der Waals surface area contributed by atoms with Crippen molar-refractivity contribution in [3.05, 3.63) is 39.5 Å². The second kappa shape index (κ2) is 3.44. The highest BCUT2D eigenvalue weighted by Crippen LogP contribution is 2.27. The van der Waals surface area contributed by atoms with E-state index in [-0.39, 0.29) is 20.5 Å². The molecular formula is C9H3BrClF2N. The Morgan fingerprint density at radius 1 is 1.29 bits per heavy atom. The van der Waals surface area contributed by atoms with Gasteiger partial charge in [-0.3, -0.25) is 0 Å². The van der Waals surface area contributed by atoms with Crippen molar-refractivity contribution >= 4 is 38.4 Å². The van der Waals surface area contributed by atoms with Crippen molar-refractivity contribution in [2.75, 3.05) is 0 Å². The van der Waals surface area contributed by atoms with Gasteiger partial charge in [-0.15, -0.1) is 0 Å². The van der Waals surface area contributed by atoms with E-state index in [9.17, 15) is 8.78 Å². The van der Waals surface area contributed by atoms with Gasteiger partial charge in [-0.25, -0.2) is 13.8 Å². The molecule has 1 aromatic carbocycles. The molecule has 0 radical (unpaired) electrons. The van der Waals surface area contributed by atoms with Crippen molar-refractivity contribution in [2.45, 2.75) is 0 Å². The molecule has 0 unspecified atom stereocenters. The lowest BCUT2D eigenvalue weighted by molar-refractivity contribution is 0.580. The fourth-order valence-corrected chi connectivity index (χ4v) is 1.63. The molecule has 1 nitrogen and oxygen atoms in total. The minimum Gasteiger partial charge on any atom is -0.236 e. The van der Waals surface area contributed by atoms with Gasteiger partial charge in [-0.05, 0) is 28.1 Å². The number of rotatable bonds is 0. The molecular weight excluding hydrogens is 275 g/mol. The molecule has 0 amide bonds.